The van der Waals surface area contributed by atoms with Crippen LogP contribution in [0.2, 0.25) is 0 Å². The molecule has 2 heteroatoms. The van der Waals surface area contributed by atoms with Crippen LogP contribution in [0.25, 0.3) is 10.8 Å². The fraction of sp³-hybridized carbons (Fsp3) is 0.200. The van der Waals surface area contributed by atoms with Crippen molar-refractivity contribution in [2.45, 2.75) is 27.2 Å². The lowest BCUT2D eigenvalue weighted by Crippen LogP contribution is -1.95. The maximum Gasteiger partial charge on any atom is 0.126 e. The molecule has 0 spiro atoms. The summed E-state index contributed by atoms with van der Waals surface area (Å²) < 4.78 is 0. The topological polar surface area (TPSA) is 40.5 Å². The van der Waals surface area contributed by atoms with E-state index in [0.717, 1.165) is 45.0 Å². The van der Waals surface area contributed by atoms with Crippen molar-refractivity contribution >= 4 is 10.8 Å². The summed E-state index contributed by atoms with van der Waals surface area (Å²) in [6.07, 6.45) is 0.742. The first-order chi connectivity index (χ1) is 10.5. The van der Waals surface area contributed by atoms with Crippen molar-refractivity contribution in [3.05, 3.63) is 70.3 Å². The van der Waals surface area contributed by atoms with Crippen LogP contribution in [0.1, 0.15) is 27.8 Å². The number of aryl methyl sites for hydroxylation is 2. The van der Waals surface area contributed by atoms with Gasteiger partial charge in [-0.25, -0.2) is 0 Å². The van der Waals surface area contributed by atoms with Crippen LogP contribution in [0.3, 0.4) is 0 Å². The van der Waals surface area contributed by atoms with Crippen LogP contribution in [0.4, 0.5) is 0 Å². The number of rotatable bonds is 2. The molecule has 0 aliphatic heterocycles. The molecule has 0 aliphatic rings. The second kappa shape index (κ2) is 5.38. The van der Waals surface area contributed by atoms with Gasteiger partial charge in [0.25, 0.3) is 0 Å². The lowest BCUT2D eigenvalue weighted by Gasteiger charge is -2.13. The Hall–Kier alpha value is -2.48. The molecule has 0 unspecified atom stereocenters. The van der Waals surface area contributed by atoms with E-state index in [2.05, 4.69) is 6.07 Å². The number of hydrogen-bond acceptors (Lipinski definition) is 2. The summed E-state index contributed by atoms with van der Waals surface area (Å²) in [6.45, 7) is 5.78. The van der Waals surface area contributed by atoms with Gasteiger partial charge in [0.1, 0.15) is 11.5 Å². The molecule has 0 saturated heterocycles. The largest absolute Gasteiger partial charge is 0.507 e. The summed E-state index contributed by atoms with van der Waals surface area (Å²) >= 11 is 0. The molecule has 2 nitrogen and oxygen atoms in total. The monoisotopic (exact) mass is 292 g/mol. The van der Waals surface area contributed by atoms with Gasteiger partial charge in [-0.15, -0.1) is 0 Å². The highest BCUT2D eigenvalue weighted by Crippen LogP contribution is 2.33. The molecule has 0 saturated carbocycles. The zero-order valence-electron chi connectivity index (χ0n) is 13.1. The van der Waals surface area contributed by atoms with Gasteiger partial charge < -0.3 is 10.2 Å². The quantitative estimate of drug-likeness (QED) is 0.714. The maximum absolute atomic E-state index is 10.4. The summed E-state index contributed by atoms with van der Waals surface area (Å²) in [5.41, 5.74) is 4.95. The highest BCUT2D eigenvalue weighted by atomic mass is 16.3. The van der Waals surface area contributed by atoms with Crippen LogP contribution in [-0.4, -0.2) is 10.2 Å². The summed E-state index contributed by atoms with van der Waals surface area (Å²) in [5, 5.41) is 22.3. The number of hydrogen-bond donors (Lipinski definition) is 2. The van der Waals surface area contributed by atoms with Crippen molar-refractivity contribution in [2.24, 2.45) is 0 Å². The Kier molecular flexibility index (Phi) is 3.53. The lowest BCUT2D eigenvalue weighted by atomic mass is 9.94. The minimum Gasteiger partial charge on any atom is -0.507 e. The molecule has 0 heterocycles. The fourth-order valence-electron chi connectivity index (χ4n) is 3.04. The van der Waals surface area contributed by atoms with E-state index < -0.39 is 0 Å². The Morgan fingerprint density at radius 3 is 2.14 bits per heavy atom. The Bertz CT molecular complexity index is 840. The Morgan fingerprint density at radius 1 is 0.818 bits per heavy atom. The highest BCUT2D eigenvalue weighted by molar-refractivity contribution is 5.90. The summed E-state index contributed by atoms with van der Waals surface area (Å²) in [7, 11) is 0. The zero-order valence-corrected chi connectivity index (χ0v) is 13.1. The third kappa shape index (κ3) is 2.41. The molecular formula is C20H20O2. The summed E-state index contributed by atoms with van der Waals surface area (Å²) in [6, 6.07) is 14.0. The van der Waals surface area contributed by atoms with Crippen LogP contribution in [0.5, 0.6) is 11.5 Å². The van der Waals surface area contributed by atoms with Crippen LogP contribution in [0, 0.1) is 20.8 Å². The predicted molar refractivity (Wildman–Crippen MR) is 90.7 cm³/mol. The molecule has 2 N–H and O–H groups in total. The molecule has 0 fully saturated rings. The Labute approximate surface area is 130 Å². The fourth-order valence-corrected chi connectivity index (χ4v) is 3.04. The van der Waals surface area contributed by atoms with E-state index in [9.17, 15) is 10.2 Å². The minimum atomic E-state index is 0.361. The molecule has 3 aromatic carbocycles. The molecule has 0 aromatic heterocycles. The van der Waals surface area contributed by atoms with Crippen LogP contribution in [-0.2, 0) is 6.42 Å². The first kappa shape index (κ1) is 14.5. The Morgan fingerprint density at radius 2 is 1.45 bits per heavy atom. The molecule has 0 aliphatic carbocycles. The first-order valence-corrected chi connectivity index (χ1v) is 7.46. The molecule has 0 radical (unpaired) electrons. The number of aromatic hydroxyl groups is 2. The Balaban J connectivity index is 2.09. The smallest absolute Gasteiger partial charge is 0.126 e. The molecule has 3 rings (SSSR count). The number of phenolic OH excluding ortho intramolecular Hbond substituents is 2. The van der Waals surface area contributed by atoms with Crippen molar-refractivity contribution in [1.29, 1.82) is 0 Å². The van der Waals surface area contributed by atoms with Crippen molar-refractivity contribution in [3.8, 4) is 11.5 Å². The van der Waals surface area contributed by atoms with Crippen molar-refractivity contribution < 1.29 is 10.2 Å². The van der Waals surface area contributed by atoms with Gasteiger partial charge in [0.05, 0.1) is 0 Å². The van der Waals surface area contributed by atoms with E-state index in [-0.39, 0.29) is 0 Å². The second-order valence-electron chi connectivity index (χ2n) is 5.99. The van der Waals surface area contributed by atoms with E-state index in [1.807, 2.05) is 57.2 Å². The van der Waals surface area contributed by atoms with Gasteiger partial charge in [-0.3, -0.25) is 0 Å². The van der Waals surface area contributed by atoms with E-state index >= 15 is 0 Å². The molecule has 3 aromatic rings. The first-order valence-electron chi connectivity index (χ1n) is 7.46. The van der Waals surface area contributed by atoms with Gasteiger partial charge in [0.2, 0.25) is 0 Å². The van der Waals surface area contributed by atoms with E-state index in [4.69, 9.17) is 0 Å². The van der Waals surface area contributed by atoms with Gasteiger partial charge in [0.15, 0.2) is 0 Å². The third-order valence-electron chi connectivity index (χ3n) is 4.33. The molecule has 112 valence electrons. The molecule has 22 heavy (non-hydrogen) atoms. The SMILES string of the molecule is Cc1cc(Cc2cc3ccccc3c(O)c2C)cc(C)c1O. The number of benzene rings is 3. The van der Waals surface area contributed by atoms with Gasteiger partial charge in [-0.1, -0.05) is 42.5 Å². The summed E-state index contributed by atoms with van der Waals surface area (Å²) in [5.74, 6) is 0.724. The average Bonchev–Trinajstić information content (AvgIpc) is 2.50. The normalized spacial score (nSPS) is 11.0. The number of phenols is 2. The lowest BCUT2D eigenvalue weighted by molar-refractivity contribution is 0.466. The third-order valence-corrected chi connectivity index (χ3v) is 4.33. The van der Waals surface area contributed by atoms with Crippen molar-refractivity contribution in [3.63, 3.8) is 0 Å². The van der Waals surface area contributed by atoms with Gasteiger partial charge in [0, 0.05) is 5.39 Å². The van der Waals surface area contributed by atoms with Crippen LogP contribution < -0.4 is 0 Å². The standard InChI is InChI=1S/C20H20O2/c1-12-8-15(9-13(2)19(12)21)10-17-11-16-6-4-5-7-18(16)20(22)14(17)3/h4-9,11,21-22H,10H2,1-3H3. The molecular weight excluding hydrogens is 272 g/mol. The van der Waals surface area contributed by atoms with Gasteiger partial charge >= 0.3 is 0 Å². The number of fused-ring (bicyclic) bond motifs is 1. The minimum absolute atomic E-state index is 0.361. The summed E-state index contributed by atoms with van der Waals surface area (Å²) in [4.78, 5) is 0. The zero-order chi connectivity index (χ0) is 15.9. The van der Waals surface area contributed by atoms with E-state index in [0.29, 0.717) is 11.5 Å². The van der Waals surface area contributed by atoms with E-state index in [1.165, 1.54) is 0 Å². The highest BCUT2D eigenvalue weighted by Gasteiger charge is 2.11. The molecule has 0 atom stereocenters. The van der Waals surface area contributed by atoms with E-state index in [1.54, 1.807) is 0 Å². The van der Waals surface area contributed by atoms with Gasteiger partial charge in [-0.2, -0.15) is 0 Å². The molecule has 0 bridgehead atoms. The second-order valence-corrected chi connectivity index (χ2v) is 5.99. The maximum atomic E-state index is 10.4. The predicted octanol–water partition coefficient (Wildman–Crippen LogP) is 4.77. The van der Waals surface area contributed by atoms with Gasteiger partial charge in [-0.05, 0) is 60.4 Å². The molecule has 0 amide bonds. The van der Waals surface area contributed by atoms with Crippen molar-refractivity contribution in [2.75, 3.05) is 0 Å². The van der Waals surface area contributed by atoms with Crippen LogP contribution in [0.15, 0.2) is 42.5 Å². The average molecular weight is 292 g/mol. The van der Waals surface area contributed by atoms with Crippen LogP contribution >= 0.6 is 0 Å². The van der Waals surface area contributed by atoms with Crippen molar-refractivity contribution in [1.82, 2.24) is 0 Å².